The zero-order valence-electron chi connectivity index (χ0n) is 37.4. The second kappa shape index (κ2) is 27.9. The van der Waals surface area contributed by atoms with E-state index in [-0.39, 0.29) is 37.9 Å². The highest BCUT2D eigenvalue weighted by molar-refractivity contribution is 5.98. The van der Waals surface area contributed by atoms with Gasteiger partial charge in [0.1, 0.15) is 42.0 Å². The van der Waals surface area contributed by atoms with Crippen LogP contribution in [0.15, 0.2) is 84.9 Å². The van der Waals surface area contributed by atoms with Crippen molar-refractivity contribution in [3.8, 4) is 5.75 Å². The number of rotatable bonds is 29. The highest BCUT2D eigenvalue weighted by Crippen LogP contribution is 2.14. The molecule has 67 heavy (non-hydrogen) atoms. The molecule has 0 aromatic heterocycles. The van der Waals surface area contributed by atoms with Crippen molar-refractivity contribution in [3.05, 3.63) is 102 Å². The second-order valence-electron chi connectivity index (χ2n) is 16.0. The van der Waals surface area contributed by atoms with Crippen LogP contribution < -0.4 is 37.6 Å². The van der Waals surface area contributed by atoms with Gasteiger partial charge in [0.2, 0.25) is 35.4 Å². The van der Waals surface area contributed by atoms with Gasteiger partial charge in [-0.15, -0.1) is 0 Å². The maximum absolute atomic E-state index is 14.5. The van der Waals surface area contributed by atoms with Gasteiger partial charge < -0.3 is 58.1 Å². The third-order valence-corrected chi connectivity index (χ3v) is 10.5. The van der Waals surface area contributed by atoms with E-state index in [0.717, 1.165) is 0 Å². The fourth-order valence-electron chi connectivity index (χ4n) is 6.84. The van der Waals surface area contributed by atoms with Crippen LogP contribution in [0.1, 0.15) is 81.9 Å². The van der Waals surface area contributed by atoms with Crippen LogP contribution in [0.3, 0.4) is 0 Å². The van der Waals surface area contributed by atoms with Gasteiger partial charge in [0, 0.05) is 19.3 Å². The maximum Gasteiger partial charge on any atom is 0.326 e. The number of nitrogens with two attached hydrogens (primary N) is 1. The second-order valence-corrected chi connectivity index (χ2v) is 16.0. The van der Waals surface area contributed by atoms with Gasteiger partial charge in [-0.3, -0.25) is 38.4 Å². The molecule has 20 nitrogen and oxygen atoms in total. The number of benzene rings is 3. The molecule has 0 aliphatic carbocycles. The number of aliphatic carboxylic acids is 3. The Bertz CT molecular complexity index is 2140. The SMILES string of the molecule is CCCC[C@H](NC(=O)[C@H](CCCC)NC(=O)[C@@H](Cc1ccccc1)NC(=O)[C@@H](Cc1ccccc1)NC(=O)[C@@H](Cc1ccc(O)cc1)NC(=O)[C@@H](CC(=O)O)NC(=O)[C@H](N)CC(=O)O)C(=O)O. The van der Waals surface area contributed by atoms with Crippen LogP contribution in [0.4, 0.5) is 0 Å². The van der Waals surface area contributed by atoms with Crippen molar-refractivity contribution in [2.45, 2.75) is 127 Å². The number of phenolic OH excluding ortho intramolecular Hbond substituents is 1. The molecule has 12 N–H and O–H groups in total. The number of amides is 6. The Morgan fingerprint density at radius 1 is 0.448 bits per heavy atom. The van der Waals surface area contributed by atoms with E-state index >= 15 is 0 Å². The van der Waals surface area contributed by atoms with Crippen molar-refractivity contribution in [2.24, 2.45) is 5.73 Å². The van der Waals surface area contributed by atoms with Crippen LogP contribution in [0.5, 0.6) is 5.75 Å². The molecule has 0 saturated heterocycles. The third-order valence-electron chi connectivity index (χ3n) is 10.5. The lowest BCUT2D eigenvalue weighted by Gasteiger charge is -2.28. The van der Waals surface area contributed by atoms with Gasteiger partial charge in [-0.1, -0.05) is 112 Å². The number of carbonyl (C=O) groups excluding carboxylic acids is 6. The first-order valence-electron chi connectivity index (χ1n) is 22.0. The number of carboxylic acid groups (broad SMARTS) is 3. The summed E-state index contributed by atoms with van der Waals surface area (Å²) in [4.78, 5) is 118. The van der Waals surface area contributed by atoms with Crippen molar-refractivity contribution in [1.29, 1.82) is 0 Å². The van der Waals surface area contributed by atoms with E-state index in [1.807, 2.05) is 13.8 Å². The number of nitrogens with one attached hydrogen (secondary N) is 6. The molecular weight excluding hydrogens is 871 g/mol. The fraction of sp³-hybridized carbons (Fsp3) is 0.426. The molecule has 0 unspecified atom stereocenters. The highest BCUT2D eigenvalue weighted by atomic mass is 16.4. The Morgan fingerprint density at radius 3 is 1.19 bits per heavy atom. The van der Waals surface area contributed by atoms with Crippen LogP contribution in [0, 0.1) is 0 Å². The van der Waals surface area contributed by atoms with Crippen LogP contribution in [0.2, 0.25) is 0 Å². The van der Waals surface area contributed by atoms with Gasteiger partial charge in [-0.05, 0) is 41.7 Å². The summed E-state index contributed by atoms with van der Waals surface area (Å²) >= 11 is 0. The molecule has 0 radical (unpaired) electrons. The Hall–Kier alpha value is -7.35. The van der Waals surface area contributed by atoms with Crippen molar-refractivity contribution < 1.29 is 63.6 Å². The summed E-state index contributed by atoms with van der Waals surface area (Å²) in [7, 11) is 0. The first-order chi connectivity index (χ1) is 31.9. The van der Waals surface area contributed by atoms with Crippen LogP contribution in [-0.4, -0.2) is 116 Å². The number of hydrogen-bond acceptors (Lipinski definition) is 11. The lowest BCUT2D eigenvalue weighted by atomic mass is 10.00. The van der Waals surface area contributed by atoms with E-state index in [1.54, 1.807) is 60.7 Å². The normalized spacial score (nSPS) is 14.0. The lowest BCUT2D eigenvalue weighted by molar-refractivity contribution is -0.142. The van der Waals surface area contributed by atoms with E-state index in [0.29, 0.717) is 42.4 Å². The van der Waals surface area contributed by atoms with Crippen molar-refractivity contribution in [3.63, 3.8) is 0 Å². The molecule has 0 fully saturated rings. The van der Waals surface area contributed by atoms with Crippen LogP contribution in [-0.2, 0) is 62.4 Å². The molecule has 6 amide bonds. The number of carbonyl (C=O) groups is 9. The van der Waals surface area contributed by atoms with E-state index in [2.05, 4.69) is 31.9 Å². The van der Waals surface area contributed by atoms with Crippen LogP contribution >= 0.6 is 0 Å². The standard InChI is InChI=1S/C47H61N7O13/c1-3-5-17-33(42(61)50-34(47(66)67)18-6-4-2)49-43(62)35(23-28-13-9-7-10-14-28)52-44(63)36(24-29-15-11-8-12-16-29)53-45(64)37(25-30-19-21-31(55)22-20-30)54-46(65)38(27-40(58)59)51-41(60)32(48)26-39(56)57/h7-16,19-22,32-38,55H,3-6,17-18,23-27,48H2,1-2H3,(H,49,62)(H,50,61)(H,51,60)(H,52,63)(H,53,64)(H,54,65)(H,56,57)(H,58,59)(H,66,67)/t32-,33+,34+,35-,36-,37-,38-/m1/s1. The summed E-state index contributed by atoms with van der Waals surface area (Å²) < 4.78 is 0. The molecule has 0 spiro atoms. The largest absolute Gasteiger partial charge is 0.508 e. The molecule has 0 aliphatic heterocycles. The number of aromatic hydroxyl groups is 1. The monoisotopic (exact) mass is 931 g/mol. The average Bonchev–Trinajstić information content (AvgIpc) is 3.28. The summed E-state index contributed by atoms with van der Waals surface area (Å²) in [5, 5.41) is 53.5. The van der Waals surface area contributed by atoms with Crippen molar-refractivity contribution in [1.82, 2.24) is 31.9 Å². The van der Waals surface area contributed by atoms with Gasteiger partial charge in [0.25, 0.3) is 0 Å². The average molecular weight is 932 g/mol. The van der Waals surface area contributed by atoms with E-state index in [4.69, 9.17) is 10.8 Å². The zero-order valence-corrected chi connectivity index (χ0v) is 37.4. The summed E-state index contributed by atoms with van der Waals surface area (Å²) in [6.07, 6.45) is 0.369. The molecule has 7 atom stereocenters. The van der Waals surface area contributed by atoms with Gasteiger partial charge in [-0.2, -0.15) is 0 Å². The third kappa shape index (κ3) is 19.3. The van der Waals surface area contributed by atoms with Crippen LogP contribution in [0.25, 0.3) is 0 Å². The summed E-state index contributed by atoms with van der Waals surface area (Å²) in [6.45, 7) is 3.76. The van der Waals surface area contributed by atoms with E-state index in [9.17, 15) is 58.5 Å². The Balaban J connectivity index is 2.01. The summed E-state index contributed by atoms with van der Waals surface area (Å²) in [5.74, 6) is -9.91. The molecule has 3 aromatic carbocycles. The quantitative estimate of drug-likeness (QED) is 0.0464. The highest BCUT2D eigenvalue weighted by Gasteiger charge is 2.35. The van der Waals surface area contributed by atoms with Crippen molar-refractivity contribution in [2.75, 3.05) is 0 Å². The molecule has 3 rings (SSSR count). The molecular formula is C47H61N7O13. The number of carboxylic acids is 3. The molecule has 0 saturated carbocycles. The predicted molar refractivity (Wildman–Crippen MR) is 243 cm³/mol. The maximum atomic E-state index is 14.5. The van der Waals surface area contributed by atoms with Gasteiger partial charge in [-0.25, -0.2) is 4.79 Å². The zero-order chi connectivity index (χ0) is 49.5. The number of phenols is 1. The van der Waals surface area contributed by atoms with Gasteiger partial charge in [0.15, 0.2) is 0 Å². The van der Waals surface area contributed by atoms with Gasteiger partial charge >= 0.3 is 17.9 Å². The predicted octanol–water partition coefficient (Wildman–Crippen LogP) is 1.07. The van der Waals surface area contributed by atoms with Crippen molar-refractivity contribution >= 4 is 53.4 Å². The first-order valence-corrected chi connectivity index (χ1v) is 22.0. The number of unbranched alkanes of at least 4 members (excludes halogenated alkanes) is 2. The fourth-order valence-corrected chi connectivity index (χ4v) is 6.84. The first kappa shape index (κ1) is 54.0. The molecule has 0 bridgehead atoms. The number of hydrogen-bond donors (Lipinski definition) is 11. The smallest absolute Gasteiger partial charge is 0.326 e. The topological polar surface area (TPSA) is 333 Å². The van der Waals surface area contributed by atoms with Gasteiger partial charge in [0.05, 0.1) is 18.9 Å². The molecule has 362 valence electrons. The Kier molecular flexibility index (Phi) is 22.4. The molecule has 0 heterocycles. The Labute approximate surface area is 387 Å². The Morgan fingerprint density at radius 2 is 0.791 bits per heavy atom. The summed E-state index contributed by atoms with van der Waals surface area (Å²) in [5.41, 5.74) is 7.23. The molecule has 0 aliphatic rings. The minimum Gasteiger partial charge on any atom is -0.508 e. The molecule has 20 heteroatoms. The van der Waals surface area contributed by atoms with E-state index < -0.39 is 108 Å². The lowest BCUT2D eigenvalue weighted by Crippen LogP contribution is -2.61. The summed E-state index contributed by atoms with van der Waals surface area (Å²) in [6, 6.07) is 12.5. The minimum atomic E-state index is -1.84. The molecule has 3 aromatic rings. The van der Waals surface area contributed by atoms with E-state index in [1.165, 1.54) is 24.3 Å². The minimum absolute atomic E-state index is 0.0763.